The fourth-order valence-corrected chi connectivity index (χ4v) is 2.21. The number of aromatic nitrogens is 2. The van der Waals surface area contributed by atoms with Crippen LogP contribution in [0, 0.1) is 13.8 Å². The van der Waals surface area contributed by atoms with Gasteiger partial charge >= 0.3 is 0 Å². The van der Waals surface area contributed by atoms with Crippen molar-refractivity contribution in [2.75, 3.05) is 5.43 Å². The minimum atomic E-state index is 0.449. The van der Waals surface area contributed by atoms with Crippen molar-refractivity contribution in [3.05, 3.63) is 41.2 Å². The van der Waals surface area contributed by atoms with Crippen LogP contribution < -0.4 is 16.0 Å². The van der Waals surface area contributed by atoms with Crippen LogP contribution >= 0.6 is 0 Å². The number of nitrogens with zero attached hydrogens (tertiary/aromatic N) is 2. The molecule has 3 N–H and O–H groups in total. The lowest BCUT2D eigenvalue weighted by atomic mass is 10.1. The summed E-state index contributed by atoms with van der Waals surface area (Å²) in [4.78, 5) is 8.83. The minimum Gasteiger partial charge on any atom is -0.439 e. The van der Waals surface area contributed by atoms with Crippen LogP contribution in [0.1, 0.15) is 35.7 Å². The Morgan fingerprint density at radius 2 is 1.80 bits per heavy atom. The predicted octanol–water partition coefficient (Wildman–Crippen LogP) is 3.05. The molecule has 0 aliphatic heterocycles. The highest BCUT2D eigenvalue weighted by Gasteiger charge is 2.27. The fourth-order valence-electron chi connectivity index (χ4n) is 2.21. The van der Waals surface area contributed by atoms with Crippen LogP contribution in [0.5, 0.6) is 11.6 Å². The lowest BCUT2D eigenvalue weighted by molar-refractivity contribution is 0.458. The third-order valence-electron chi connectivity index (χ3n) is 3.23. The Hall–Kier alpha value is -2.14. The summed E-state index contributed by atoms with van der Waals surface area (Å²) in [6.07, 6.45) is 2.27. The van der Waals surface area contributed by atoms with Crippen LogP contribution in [0.4, 0.5) is 5.82 Å². The molecular formula is C15H18N4O. The van der Waals surface area contributed by atoms with Crippen molar-refractivity contribution >= 4 is 5.82 Å². The summed E-state index contributed by atoms with van der Waals surface area (Å²) in [5, 5.41) is 0. The second-order valence-corrected chi connectivity index (χ2v) is 5.29. The largest absolute Gasteiger partial charge is 0.439 e. The Morgan fingerprint density at radius 1 is 1.10 bits per heavy atom. The molecule has 5 nitrogen and oxygen atoms in total. The maximum atomic E-state index is 5.85. The van der Waals surface area contributed by atoms with Gasteiger partial charge < -0.3 is 10.2 Å². The topological polar surface area (TPSA) is 73.1 Å². The Balaban J connectivity index is 1.90. The lowest BCUT2D eigenvalue weighted by Crippen LogP contribution is -2.10. The van der Waals surface area contributed by atoms with Gasteiger partial charge in [-0.1, -0.05) is 6.07 Å². The first-order chi connectivity index (χ1) is 9.64. The first-order valence-corrected chi connectivity index (χ1v) is 6.76. The van der Waals surface area contributed by atoms with Gasteiger partial charge in [0.2, 0.25) is 5.88 Å². The highest BCUT2D eigenvalue weighted by atomic mass is 16.5. The SMILES string of the molecule is Cc1cc(C)cc(Oc2cc(NN)nc(C3CC3)n2)c1. The lowest BCUT2D eigenvalue weighted by Gasteiger charge is -2.10. The molecule has 20 heavy (non-hydrogen) atoms. The molecule has 0 radical (unpaired) electrons. The molecule has 0 atom stereocenters. The molecular weight excluding hydrogens is 252 g/mol. The Bertz CT molecular complexity index is 618. The summed E-state index contributed by atoms with van der Waals surface area (Å²) in [6.45, 7) is 4.09. The number of rotatable bonds is 4. The van der Waals surface area contributed by atoms with Gasteiger partial charge in [-0.25, -0.2) is 10.8 Å². The van der Waals surface area contributed by atoms with Crippen molar-refractivity contribution in [2.45, 2.75) is 32.6 Å². The molecule has 0 unspecified atom stereocenters. The van der Waals surface area contributed by atoms with Crippen molar-refractivity contribution in [3.63, 3.8) is 0 Å². The molecule has 5 heteroatoms. The van der Waals surface area contributed by atoms with Crippen molar-refractivity contribution in [1.29, 1.82) is 0 Å². The molecule has 1 saturated carbocycles. The van der Waals surface area contributed by atoms with E-state index in [0.29, 0.717) is 17.6 Å². The normalized spacial score (nSPS) is 14.2. The van der Waals surface area contributed by atoms with Gasteiger partial charge in [0.25, 0.3) is 0 Å². The number of nitrogens with two attached hydrogens (primary N) is 1. The van der Waals surface area contributed by atoms with Crippen molar-refractivity contribution < 1.29 is 4.74 Å². The van der Waals surface area contributed by atoms with Gasteiger partial charge in [-0.3, -0.25) is 0 Å². The molecule has 1 aliphatic carbocycles. The van der Waals surface area contributed by atoms with Crippen molar-refractivity contribution in [1.82, 2.24) is 9.97 Å². The molecule has 1 aliphatic rings. The van der Waals surface area contributed by atoms with Crippen molar-refractivity contribution in [3.8, 4) is 11.6 Å². The van der Waals surface area contributed by atoms with E-state index in [1.54, 1.807) is 6.07 Å². The van der Waals surface area contributed by atoms with E-state index in [1.165, 1.54) is 0 Å². The number of anilines is 1. The molecule has 104 valence electrons. The van der Waals surface area contributed by atoms with Gasteiger partial charge in [0.1, 0.15) is 17.4 Å². The standard InChI is InChI=1S/C15H18N4O/c1-9-5-10(2)7-12(6-9)20-14-8-13(19-16)17-15(18-14)11-3-4-11/h5-8,11H,3-4,16H2,1-2H3,(H,17,18,19). The monoisotopic (exact) mass is 270 g/mol. The Labute approximate surface area is 118 Å². The van der Waals surface area contributed by atoms with E-state index < -0.39 is 0 Å². The smallest absolute Gasteiger partial charge is 0.224 e. The summed E-state index contributed by atoms with van der Waals surface area (Å²) in [5.41, 5.74) is 4.89. The van der Waals surface area contributed by atoms with E-state index in [-0.39, 0.29) is 0 Å². The molecule has 3 rings (SSSR count). The molecule has 0 saturated heterocycles. The van der Waals surface area contributed by atoms with Gasteiger partial charge in [0, 0.05) is 12.0 Å². The van der Waals surface area contributed by atoms with Gasteiger partial charge in [-0.15, -0.1) is 0 Å². The number of nitrogens with one attached hydrogen (secondary N) is 1. The molecule has 1 heterocycles. The highest BCUT2D eigenvalue weighted by Crippen LogP contribution is 2.39. The van der Waals surface area contributed by atoms with Gasteiger partial charge in [0.15, 0.2) is 0 Å². The van der Waals surface area contributed by atoms with Crippen LogP contribution in [0.2, 0.25) is 0 Å². The minimum absolute atomic E-state index is 0.449. The van der Waals surface area contributed by atoms with Crippen LogP contribution in [-0.4, -0.2) is 9.97 Å². The number of nitrogen functional groups attached to an aromatic ring is 1. The van der Waals surface area contributed by atoms with E-state index in [4.69, 9.17) is 10.6 Å². The maximum absolute atomic E-state index is 5.85. The number of hydrogen-bond acceptors (Lipinski definition) is 5. The number of hydrazine groups is 1. The third-order valence-corrected chi connectivity index (χ3v) is 3.23. The molecule has 1 aromatic carbocycles. The summed E-state index contributed by atoms with van der Waals surface area (Å²) >= 11 is 0. The zero-order valence-corrected chi connectivity index (χ0v) is 11.7. The second-order valence-electron chi connectivity index (χ2n) is 5.29. The summed E-state index contributed by atoms with van der Waals surface area (Å²) in [5.74, 6) is 8.60. The number of benzene rings is 1. The third kappa shape index (κ3) is 2.88. The predicted molar refractivity (Wildman–Crippen MR) is 77.8 cm³/mol. The molecule has 1 fully saturated rings. The van der Waals surface area contributed by atoms with Gasteiger partial charge in [-0.2, -0.15) is 4.98 Å². The average molecular weight is 270 g/mol. The zero-order chi connectivity index (χ0) is 14.1. The molecule has 2 aromatic rings. The van der Waals surface area contributed by atoms with E-state index in [2.05, 4.69) is 21.5 Å². The average Bonchev–Trinajstić information content (AvgIpc) is 3.21. The van der Waals surface area contributed by atoms with E-state index >= 15 is 0 Å². The molecule has 0 spiro atoms. The van der Waals surface area contributed by atoms with Crippen molar-refractivity contribution in [2.24, 2.45) is 5.84 Å². The summed E-state index contributed by atoms with van der Waals surface area (Å²) in [7, 11) is 0. The quantitative estimate of drug-likeness (QED) is 0.660. The van der Waals surface area contributed by atoms with Crippen LogP contribution in [0.15, 0.2) is 24.3 Å². The van der Waals surface area contributed by atoms with E-state index in [0.717, 1.165) is 35.5 Å². The van der Waals surface area contributed by atoms with Crippen LogP contribution in [0.25, 0.3) is 0 Å². The maximum Gasteiger partial charge on any atom is 0.224 e. The first-order valence-electron chi connectivity index (χ1n) is 6.76. The molecule has 0 amide bonds. The van der Waals surface area contributed by atoms with Gasteiger partial charge in [0.05, 0.1) is 0 Å². The fraction of sp³-hybridized carbons (Fsp3) is 0.333. The number of hydrogen-bond donors (Lipinski definition) is 2. The first kappa shape index (κ1) is 12.9. The van der Waals surface area contributed by atoms with Crippen LogP contribution in [-0.2, 0) is 0 Å². The Morgan fingerprint density at radius 3 is 2.40 bits per heavy atom. The molecule has 0 bridgehead atoms. The summed E-state index contributed by atoms with van der Waals surface area (Å²) in [6, 6.07) is 7.79. The van der Waals surface area contributed by atoms with Crippen LogP contribution in [0.3, 0.4) is 0 Å². The Kier molecular flexibility index (Phi) is 3.28. The van der Waals surface area contributed by atoms with E-state index in [9.17, 15) is 0 Å². The number of aryl methyl sites for hydroxylation is 2. The zero-order valence-electron chi connectivity index (χ0n) is 11.7. The van der Waals surface area contributed by atoms with E-state index in [1.807, 2.05) is 26.0 Å². The molecule has 1 aromatic heterocycles. The second kappa shape index (κ2) is 5.09. The summed E-state index contributed by atoms with van der Waals surface area (Å²) < 4.78 is 5.85. The highest BCUT2D eigenvalue weighted by molar-refractivity contribution is 5.41. The van der Waals surface area contributed by atoms with Gasteiger partial charge in [-0.05, 0) is 49.9 Å². The number of ether oxygens (including phenoxy) is 1.